The van der Waals surface area contributed by atoms with Gasteiger partial charge in [0.05, 0.1) is 6.42 Å². The lowest BCUT2D eigenvalue weighted by Gasteiger charge is -2.04. The first kappa shape index (κ1) is 14.0. The highest BCUT2D eigenvalue weighted by atomic mass is 127. The van der Waals surface area contributed by atoms with Crippen LogP contribution in [0, 0.1) is 9.85 Å². The van der Waals surface area contributed by atoms with Crippen molar-refractivity contribution in [1.29, 1.82) is 0 Å². The van der Waals surface area contributed by atoms with Gasteiger partial charge in [0, 0.05) is 31.5 Å². The van der Waals surface area contributed by atoms with E-state index in [1.54, 1.807) is 0 Å². The van der Waals surface area contributed by atoms with Gasteiger partial charge in [0.2, 0.25) is 0 Å². The van der Waals surface area contributed by atoms with Crippen LogP contribution in [0.2, 0.25) is 0 Å². The Labute approximate surface area is 125 Å². The van der Waals surface area contributed by atoms with Crippen molar-refractivity contribution in [2.45, 2.75) is 6.42 Å². The van der Waals surface area contributed by atoms with E-state index >= 15 is 0 Å². The number of carbonyl (C=O) groups is 1. The van der Waals surface area contributed by atoms with Crippen molar-refractivity contribution in [3.8, 4) is 9.85 Å². The molecular formula is C11H7Br2IO2. The zero-order valence-corrected chi connectivity index (χ0v) is 13.4. The van der Waals surface area contributed by atoms with Gasteiger partial charge >= 0.3 is 5.97 Å². The molecule has 16 heavy (non-hydrogen) atoms. The monoisotopic (exact) mass is 456 g/mol. The Hall–Kier alpha value is -0.0600. The molecule has 0 bridgehead atoms. The van der Waals surface area contributed by atoms with Gasteiger partial charge in [0.15, 0.2) is 6.61 Å². The Morgan fingerprint density at radius 1 is 1.44 bits per heavy atom. The van der Waals surface area contributed by atoms with E-state index in [1.807, 2.05) is 40.8 Å². The molecule has 1 aromatic carbocycles. The molecule has 2 nitrogen and oxygen atoms in total. The highest BCUT2D eigenvalue weighted by Gasteiger charge is 2.07. The Bertz CT molecular complexity index is 449. The maximum Gasteiger partial charge on any atom is 0.311 e. The minimum atomic E-state index is -0.276. The Morgan fingerprint density at radius 3 is 2.81 bits per heavy atom. The third kappa shape index (κ3) is 4.85. The zero-order chi connectivity index (χ0) is 12.0. The summed E-state index contributed by atoms with van der Waals surface area (Å²) in [5, 5.41) is 0. The van der Waals surface area contributed by atoms with E-state index in [2.05, 4.69) is 41.7 Å². The van der Waals surface area contributed by atoms with Crippen LogP contribution in [0.3, 0.4) is 0 Å². The highest BCUT2D eigenvalue weighted by Crippen LogP contribution is 2.22. The molecule has 0 unspecified atom stereocenters. The van der Waals surface area contributed by atoms with Gasteiger partial charge in [-0.2, -0.15) is 0 Å². The van der Waals surface area contributed by atoms with Crippen LogP contribution in [0.25, 0.3) is 0 Å². The SMILES string of the molecule is O=C(Cc1ccc(Br)cc1Br)OCC#CI. The van der Waals surface area contributed by atoms with E-state index in [0.29, 0.717) is 0 Å². The first-order valence-corrected chi connectivity index (χ1v) is 6.98. The molecule has 0 spiro atoms. The van der Waals surface area contributed by atoms with Gasteiger partial charge in [-0.05, 0) is 21.6 Å². The summed E-state index contributed by atoms with van der Waals surface area (Å²) in [7, 11) is 0. The van der Waals surface area contributed by atoms with Crippen LogP contribution in [0.15, 0.2) is 27.1 Å². The Morgan fingerprint density at radius 2 is 2.19 bits per heavy atom. The van der Waals surface area contributed by atoms with Crippen LogP contribution in [0.1, 0.15) is 5.56 Å². The van der Waals surface area contributed by atoms with E-state index in [-0.39, 0.29) is 19.0 Å². The van der Waals surface area contributed by atoms with Crippen molar-refractivity contribution in [1.82, 2.24) is 0 Å². The molecule has 0 amide bonds. The minimum Gasteiger partial charge on any atom is -0.452 e. The smallest absolute Gasteiger partial charge is 0.311 e. The molecule has 0 heterocycles. The third-order valence-corrected chi connectivity index (χ3v) is 3.33. The van der Waals surface area contributed by atoms with E-state index in [4.69, 9.17) is 4.74 Å². The van der Waals surface area contributed by atoms with Crippen molar-refractivity contribution in [3.05, 3.63) is 32.7 Å². The number of esters is 1. The van der Waals surface area contributed by atoms with Gasteiger partial charge in [-0.25, -0.2) is 0 Å². The van der Waals surface area contributed by atoms with E-state index in [9.17, 15) is 4.79 Å². The number of carbonyl (C=O) groups excluding carboxylic acids is 1. The molecule has 0 aliphatic rings. The first-order valence-electron chi connectivity index (χ1n) is 4.31. The molecule has 0 atom stereocenters. The maximum atomic E-state index is 11.4. The molecule has 0 aliphatic carbocycles. The Kier molecular flexibility index (Phi) is 6.39. The topological polar surface area (TPSA) is 26.3 Å². The minimum absolute atomic E-state index is 0.149. The van der Waals surface area contributed by atoms with Crippen LogP contribution in [0.4, 0.5) is 0 Å². The average molecular weight is 458 g/mol. The average Bonchev–Trinajstić information content (AvgIpc) is 2.23. The summed E-state index contributed by atoms with van der Waals surface area (Å²) in [6.45, 7) is 0.149. The lowest BCUT2D eigenvalue weighted by atomic mass is 10.1. The molecule has 5 heteroatoms. The standard InChI is InChI=1S/C11H7Br2IO2/c12-9-3-2-8(10(13)7-9)6-11(15)16-5-1-4-14/h2-3,7H,5-6H2. The van der Waals surface area contributed by atoms with Crippen molar-refractivity contribution in [3.63, 3.8) is 0 Å². The van der Waals surface area contributed by atoms with Crippen molar-refractivity contribution >= 4 is 60.4 Å². The number of rotatable bonds is 3. The molecule has 0 radical (unpaired) electrons. The van der Waals surface area contributed by atoms with Crippen LogP contribution in [-0.4, -0.2) is 12.6 Å². The van der Waals surface area contributed by atoms with Gasteiger partial charge in [-0.15, -0.1) is 0 Å². The second-order valence-electron chi connectivity index (χ2n) is 2.84. The molecule has 0 N–H and O–H groups in total. The molecule has 0 saturated heterocycles. The zero-order valence-electron chi connectivity index (χ0n) is 8.10. The van der Waals surface area contributed by atoms with Crippen molar-refractivity contribution < 1.29 is 9.53 Å². The number of benzene rings is 1. The second-order valence-corrected chi connectivity index (χ2v) is 5.15. The van der Waals surface area contributed by atoms with Gasteiger partial charge < -0.3 is 4.74 Å². The lowest BCUT2D eigenvalue weighted by Crippen LogP contribution is -2.08. The fourth-order valence-corrected chi connectivity index (χ4v) is 2.36. The molecule has 0 aromatic heterocycles. The fourth-order valence-electron chi connectivity index (χ4n) is 1.02. The van der Waals surface area contributed by atoms with E-state index in [0.717, 1.165) is 14.5 Å². The summed E-state index contributed by atoms with van der Waals surface area (Å²) in [4.78, 5) is 11.4. The molecular weight excluding hydrogens is 451 g/mol. The van der Waals surface area contributed by atoms with Gasteiger partial charge in [-0.1, -0.05) is 43.8 Å². The first-order chi connectivity index (χ1) is 7.63. The summed E-state index contributed by atoms with van der Waals surface area (Å²) in [6, 6.07) is 5.66. The Balaban J connectivity index is 2.58. The largest absolute Gasteiger partial charge is 0.452 e. The normalized spacial score (nSPS) is 9.19. The molecule has 0 fully saturated rings. The second kappa shape index (κ2) is 7.30. The van der Waals surface area contributed by atoms with Crippen LogP contribution in [0.5, 0.6) is 0 Å². The highest BCUT2D eigenvalue weighted by molar-refractivity contribution is 14.1. The van der Waals surface area contributed by atoms with Crippen LogP contribution < -0.4 is 0 Å². The predicted octanol–water partition coefficient (Wildman–Crippen LogP) is 3.69. The van der Waals surface area contributed by atoms with Crippen molar-refractivity contribution in [2.24, 2.45) is 0 Å². The third-order valence-electron chi connectivity index (χ3n) is 1.72. The van der Waals surface area contributed by atoms with Gasteiger partial charge in [0.25, 0.3) is 0 Å². The number of ether oxygens (including phenoxy) is 1. The fraction of sp³-hybridized carbons (Fsp3) is 0.182. The van der Waals surface area contributed by atoms with Gasteiger partial charge in [-0.3, -0.25) is 4.79 Å². The number of hydrogen-bond acceptors (Lipinski definition) is 2. The predicted molar refractivity (Wildman–Crippen MR) is 78.3 cm³/mol. The summed E-state index contributed by atoms with van der Waals surface area (Å²) in [5.41, 5.74) is 0.899. The number of halogens is 3. The molecule has 84 valence electrons. The quantitative estimate of drug-likeness (QED) is 0.393. The molecule has 1 aromatic rings. The van der Waals surface area contributed by atoms with E-state index in [1.165, 1.54) is 0 Å². The molecule has 0 aliphatic heterocycles. The summed E-state index contributed by atoms with van der Waals surface area (Å²) >= 11 is 8.64. The summed E-state index contributed by atoms with van der Waals surface area (Å²) in [5.74, 6) is 2.39. The summed E-state index contributed by atoms with van der Waals surface area (Å²) < 4.78 is 9.41. The molecule has 1 rings (SSSR count). The maximum absolute atomic E-state index is 11.4. The van der Waals surface area contributed by atoms with Crippen LogP contribution in [-0.2, 0) is 16.0 Å². The number of hydrogen-bond donors (Lipinski definition) is 0. The lowest BCUT2D eigenvalue weighted by molar-refractivity contribution is -0.141. The summed E-state index contributed by atoms with van der Waals surface area (Å²) in [6.07, 6.45) is 0.247. The molecule has 0 saturated carbocycles. The van der Waals surface area contributed by atoms with E-state index < -0.39 is 0 Å². The van der Waals surface area contributed by atoms with Gasteiger partial charge in [0.1, 0.15) is 0 Å². The van der Waals surface area contributed by atoms with Crippen molar-refractivity contribution in [2.75, 3.05) is 6.61 Å². The van der Waals surface area contributed by atoms with Crippen LogP contribution >= 0.6 is 54.5 Å².